The Bertz CT molecular complexity index is 611. The molecule has 2 aliphatic heterocycles. The molecule has 2 saturated heterocycles. The van der Waals surface area contributed by atoms with Crippen molar-refractivity contribution in [1.29, 1.82) is 0 Å². The predicted molar refractivity (Wildman–Crippen MR) is 85.8 cm³/mol. The van der Waals surface area contributed by atoms with Gasteiger partial charge in [-0.05, 0) is 37.3 Å². The van der Waals surface area contributed by atoms with Crippen LogP contribution < -0.4 is 0 Å². The average Bonchev–Trinajstić information content (AvgIpc) is 3.23. The summed E-state index contributed by atoms with van der Waals surface area (Å²) in [5, 5.41) is 9.34. The molecule has 2 aromatic rings. The fraction of sp³-hybridized carbons (Fsp3) is 0.625. The highest BCUT2D eigenvalue weighted by atomic mass is 32.1. The van der Waals surface area contributed by atoms with Crippen molar-refractivity contribution < 1.29 is 4.74 Å². The molecule has 22 heavy (non-hydrogen) atoms. The third kappa shape index (κ3) is 2.95. The first-order valence-electron chi connectivity index (χ1n) is 8.02. The van der Waals surface area contributed by atoms with E-state index in [9.17, 15) is 0 Å². The van der Waals surface area contributed by atoms with Crippen molar-refractivity contribution in [3.8, 4) is 0 Å². The van der Waals surface area contributed by atoms with Crippen LogP contribution >= 0.6 is 11.3 Å². The molecule has 2 fully saturated rings. The molecule has 2 aliphatic rings. The molecule has 0 aliphatic carbocycles. The van der Waals surface area contributed by atoms with Gasteiger partial charge in [0, 0.05) is 30.3 Å². The zero-order chi connectivity index (χ0) is 14.9. The van der Waals surface area contributed by atoms with Gasteiger partial charge in [-0.2, -0.15) is 5.10 Å². The Kier molecular flexibility index (Phi) is 3.98. The van der Waals surface area contributed by atoms with Crippen LogP contribution in [0.1, 0.15) is 22.9 Å². The SMILES string of the molecule is Cc1nc(C[C@@H]2OC[C@H]3CN(Cc4cccs4)CC[C@H]32)n[nH]1. The molecule has 118 valence electrons. The number of rotatable bonds is 4. The van der Waals surface area contributed by atoms with Gasteiger partial charge in [-0.1, -0.05) is 6.07 Å². The molecule has 0 amide bonds. The molecule has 0 aromatic carbocycles. The molecule has 0 radical (unpaired) electrons. The zero-order valence-electron chi connectivity index (χ0n) is 12.9. The van der Waals surface area contributed by atoms with Crippen molar-refractivity contribution in [2.24, 2.45) is 11.8 Å². The molecule has 2 aromatic heterocycles. The maximum absolute atomic E-state index is 6.08. The van der Waals surface area contributed by atoms with E-state index in [0.29, 0.717) is 17.9 Å². The molecule has 4 rings (SSSR count). The van der Waals surface area contributed by atoms with E-state index in [1.54, 1.807) is 0 Å². The average molecular weight is 318 g/mol. The van der Waals surface area contributed by atoms with Crippen LogP contribution in [0.4, 0.5) is 0 Å². The summed E-state index contributed by atoms with van der Waals surface area (Å²) in [5.41, 5.74) is 0. The number of fused-ring (bicyclic) bond motifs is 1. The van der Waals surface area contributed by atoms with Crippen molar-refractivity contribution in [2.75, 3.05) is 19.7 Å². The normalized spacial score (nSPS) is 28.9. The second-order valence-corrected chi connectivity index (χ2v) is 7.47. The molecule has 6 heteroatoms. The Morgan fingerprint density at radius 1 is 1.50 bits per heavy atom. The standard InChI is InChI=1S/C16H22N4OS/c1-11-17-16(19-18-11)7-15-14-4-5-20(8-12(14)10-21-15)9-13-3-2-6-22-13/h2-3,6,12,14-15H,4-5,7-10H2,1H3,(H,17,18,19)/t12-,14-,15+/m1/s1. The molecular weight excluding hydrogens is 296 g/mol. The molecule has 4 heterocycles. The van der Waals surface area contributed by atoms with Crippen molar-refractivity contribution in [3.63, 3.8) is 0 Å². The zero-order valence-corrected chi connectivity index (χ0v) is 13.7. The first-order valence-corrected chi connectivity index (χ1v) is 8.90. The van der Waals surface area contributed by atoms with Crippen LogP contribution in [0.25, 0.3) is 0 Å². The first kappa shape index (κ1) is 14.4. The number of nitrogens with one attached hydrogen (secondary N) is 1. The van der Waals surface area contributed by atoms with Crippen molar-refractivity contribution in [2.45, 2.75) is 32.4 Å². The van der Waals surface area contributed by atoms with Crippen LogP contribution in [0.3, 0.4) is 0 Å². The van der Waals surface area contributed by atoms with E-state index in [-0.39, 0.29) is 0 Å². The van der Waals surface area contributed by atoms with Gasteiger partial charge in [-0.15, -0.1) is 11.3 Å². The Morgan fingerprint density at radius 2 is 2.45 bits per heavy atom. The number of nitrogens with zero attached hydrogens (tertiary/aromatic N) is 3. The highest BCUT2D eigenvalue weighted by molar-refractivity contribution is 7.09. The maximum Gasteiger partial charge on any atom is 0.153 e. The lowest BCUT2D eigenvalue weighted by atomic mass is 9.83. The minimum absolute atomic E-state index is 0.295. The molecule has 1 N–H and O–H groups in total. The summed E-state index contributed by atoms with van der Waals surface area (Å²) in [6.07, 6.45) is 2.37. The van der Waals surface area contributed by atoms with Gasteiger partial charge in [0.25, 0.3) is 0 Å². The first-order chi connectivity index (χ1) is 10.8. The quantitative estimate of drug-likeness (QED) is 0.939. The number of aromatic amines is 1. The van der Waals surface area contributed by atoms with Crippen LogP contribution in [0, 0.1) is 18.8 Å². The van der Waals surface area contributed by atoms with Crippen LogP contribution in [0.2, 0.25) is 0 Å². The molecule has 0 bridgehead atoms. The molecule has 3 atom stereocenters. The topological polar surface area (TPSA) is 54.0 Å². The van der Waals surface area contributed by atoms with E-state index < -0.39 is 0 Å². The molecule has 0 spiro atoms. The predicted octanol–water partition coefficient (Wildman–Crippen LogP) is 2.25. The van der Waals surface area contributed by atoms with E-state index in [0.717, 1.165) is 37.8 Å². The van der Waals surface area contributed by atoms with Gasteiger partial charge in [0.2, 0.25) is 0 Å². The Hall–Kier alpha value is -1.24. The summed E-state index contributed by atoms with van der Waals surface area (Å²) in [4.78, 5) is 8.46. The lowest BCUT2D eigenvalue weighted by molar-refractivity contribution is 0.0835. The van der Waals surface area contributed by atoms with Crippen LogP contribution in [-0.4, -0.2) is 45.9 Å². The number of piperidine rings is 1. The van der Waals surface area contributed by atoms with Crippen LogP contribution in [0.5, 0.6) is 0 Å². The molecule has 0 saturated carbocycles. The highest BCUT2D eigenvalue weighted by Crippen LogP contribution is 2.36. The highest BCUT2D eigenvalue weighted by Gasteiger charge is 2.41. The number of hydrogen-bond donors (Lipinski definition) is 1. The second-order valence-electron chi connectivity index (χ2n) is 6.44. The third-order valence-corrected chi connectivity index (χ3v) is 5.73. The number of ether oxygens (including phenoxy) is 1. The Labute approximate surface area is 134 Å². The van der Waals surface area contributed by atoms with Gasteiger partial charge in [0.1, 0.15) is 5.82 Å². The molecular formula is C16H22N4OS. The number of H-pyrrole nitrogens is 1. The molecule has 5 nitrogen and oxygen atoms in total. The Balaban J connectivity index is 1.35. The second kappa shape index (κ2) is 6.10. The smallest absolute Gasteiger partial charge is 0.153 e. The van der Waals surface area contributed by atoms with Crippen molar-refractivity contribution in [3.05, 3.63) is 34.0 Å². The summed E-state index contributed by atoms with van der Waals surface area (Å²) >= 11 is 1.85. The van der Waals surface area contributed by atoms with Crippen LogP contribution in [0.15, 0.2) is 17.5 Å². The van der Waals surface area contributed by atoms with Gasteiger partial charge in [0.05, 0.1) is 12.7 Å². The number of aromatic nitrogens is 3. The number of thiophene rings is 1. The van der Waals surface area contributed by atoms with Crippen molar-refractivity contribution >= 4 is 11.3 Å². The summed E-state index contributed by atoms with van der Waals surface area (Å²) in [6.45, 7) is 6.25. The summed E-state index contributed by atoms with van der Waals surface area (Å²) in [6, 6.07) is 4.37. The lowest BCUT2D eigenvalue weighted by Crippen LogP contribution is -2.41. The van der Waals surface area contributed by atoms with Crippen LogP contribution in [-0.2, 0) is 17.7 Å². The van der Waals surface area contributed by atoms with E-state index in [1.165, 1.54) is 17.8 Å². The summed E-state index contributed by atoms with van der Waals surface area (Å²) in [7, 11) is 0. The fourth-order valence-corrected chi connectivity index (χ4v) is 4.55. The third-order valence-electron chi connectivity index (χ3n) is 4.87. The van der Waals surface area contributed by atoms with Gasteiger partial charge in [-0.3, -0.25) is 10.00 Å². The fourth-order valence-electron chi connectivity index (χ4n) is 3.80. The van der Waals surface area contributed by atoms with Gasteiger partial charge >= 0.3 is 0 Å². The maximum atomic E-state index is 6.08. The van der Waals surface area contributed by atoms with Gasteiger partial charge in [-0.25, -0.2) is 4.98 Å². The minimum atomic E-state index is 0.295. The van der Waals surface area contributed by atoms with E-state index in [4.69, 9.17) is 4.74 Å². The van der Waals surface area contributed by atoms with E-state index in [1.807, 2.05) is 18.3 Å². The molecule has 0 unspecified atom stereocenters. The largest absolute Gasteiger partial charge is 0.377 e. The Morgan fingerprint density at radius 3 is 3.23 bits per heavy atom. The summed E-state index contributed by atoms with van der Waals surface area (Å²) in [5.74, 6) is 3.11. The van der Waals surface area contributed by atoms with Crippen molar-refractivity contribution in [1.82, 2.24) is 20.1 Å². The van der Waals surface area contributed by atoms with Gasteiger partial charge < -0.3 is 4.74 Å². The number of likely N-dealkylation sites (tertiary alicyclic amines) is 1. The minimum Gasteiger partial charge on any atom is -0.377 e. The lowest BCUT2D eigenvalue weighted by Gasteiger charge is -2.35. The number of hydrogen-bond acceptors (Lipinski definition) is 5. The van der Waals surface area contributed by atoms with Gasteiger partial charge in [0.15, 0.2) is 5.82 Å². The van der Waals surface area contributed by atoms with E-state index in [2.05, 4.69) is 37.6 Å². The number of aryl methyl sites for hydroxylation is 1. The monoisotopic (exact) mass is 318 g/mol. The summed E-state index contributed by atoms with van der Waals surface area (Å²) < 4.78 is 6.08. The van der Waals surface area contributed by atoms with E-state index >= 15 is 0 Å².